The summed E-state index contributed by atoms with van der Waals surface area (Å²) in [7, 11) is 0. The van der Waals surface area contributed by atoms with E-state index in [9.17, 15) is 8.78 Å². The fourth-order valence-electron chi connectivity index (χ4n) is 1.38. The summed E-state index contributed by atoms with van der Waals surface area (Å²) < 4.78 is 26.6. The van der Waals surface area contributed by atoms with Gasteiger partial charge in [-0.1, -0.05) is 0 Å². The second-order valence-corrected chi connectivity index (χ2v) is 4.67. The third-order valence-electron chi connectivity index (χ3n) is 2.08. The van der Waals surface area contributed by atoms with Gasteiger partial charge in [-0.05, 0) is 33.8 Å². The lowest BCUT2D eigenvalue weighted by molar-refractivity contribution is 0.143. The van der Waals surface area contributed by atoms with Crippen LogP contribution in [0.25, 0.3) is 0 Å². The van der Waals surface area contributed by atoms with Crippen LogP contribution in [-0.2, 0) is 5.54 Å². The molecule has 0 aliphatic carbocycles. The van der Waals surface area contributed by atoms with E-state index in [1.807, 2.05) is 20.8 Å². The van der Waals surface area contributed by atoms with Crippen molar-refractivity contribution in [1.82, 2.24) is 9.78 Å². The Morgan fingerprint density at radius 1 is 1.40 bits per heavy atom. The number of rotatable bonds is 2. The predicted octanol–water partition coefficient (Wildman–Crippen LogP) is 2.60. The van der Waals surface area contributed by atoms with Gasteiger partial charge in [0, 0.05) is 6.04 Å². The summed E-state index contributed by atoms with van der Waals surface area (Å²) in [5.74, 6) is 0. The molecule has 3 nitrogen and oxygen atoms in total. The summed E-state index contributed by atoms with van der Waals surface area (Å²) in [6, 6.07) is 1.07. The normalized spacial score (nSPS) is 14.7. The van der Waals surface area contributed by atoms with Crippen LogP contribution in [0.5, 0.6) is 0 Å². The number of hydrogen-bond donors (Lipinski definition) is 1. The Morgan fingerprint density at radius 2 is 1.93 bits per heavy atom. The number of nitrogens with two attached hydrogens (primary N) is 1. The molecule has 2 N–H and O–H groups in total. The molecule has 0 bridgehead atoms. The first-order chi connectivity index (χ1) is 6.73. The van der Waals surface area contributed by atoms with Crippen LogP contribution in [-0.4, -0.2) is 9.78 Å². The van der Waals surface area contributed by atoms with Gasteiger partial charge in [-0.25, -0.2) is 8.78 Å². The van der Waals surface area contributed by atoms with Crippen LogP contribution in [0.1, 0.15) is 51.6 Å². The van der Waals surface area contributed by atoms with Crippen LogP contribution >= 0.6 is 0 Å². The molecule has 0 aliphatic heterocycles. The third kappa shape index (κ3) is 2.53. The Hall–Kier alpha value is -0.970. The lowest BCUT2D eigenvalue weighted by Gasteiger charge is -2.23. The van der Waals surface area contributed by atoms with Gasteiger partial charge in [-0.15, -0.1) is 0 Å². The first-order valence-corrected chi connectivity index (χ1v) is 4.87. The maximum Gasteiger partial charge on any atom is 0.282 e. The molecule has 1 aromatic heterocycles. The Bertz CT molecular complexity index is 337. The maximum atomic E-state index is 12.5. The molecular weight excluding hydrogens is 200 g/mol. The first-order valence-electron chi connectivity index (χ1n) is 4.87. The van der Waals surface area contributed by atoms with Crippen molar-refractivity contribution < 1.29 is 8.78 Å². The third-order valence-corrected chi connectivity index (χ3v) is 2.08. The number of aromatic nitrogens is 2. The molecule has 5 heteroatoms. The summed E-state index contributed by atoms with van der Waals surface area (Å²) in [5, 5.41) is 3.89. The summed E-state index contributed by atoms with van der Waals surface area (Å²) in [6.07, 6.45) is -2.55. The molecule has 0 saturated heterocycles. The molecule has 0 unspecified atom stereocenters. The molecule has 0 fully saturated rings. The van der Waals surface area contributed by atoms with E-state index in [2.05, 4.69) is 5.10 Å². The van der Waals surface area contributed by atoms with Gasteiger partial charge in [0.15, 0.2) is 0 Å². The van der Waals surface area contributed by atoms with E-state index >= 15 is 0 Å². The standard InChI is InChI=1S/C10H17F2N3/c1-6(13)8-5-7(9(11)12)14-15(8)10(2,3)4/h5-6,9H,13H2,1-4H3/t6-/m0/s1. The van der Waals surface area contributed by atoms with Crippen molar-refractivity contribution in [1.29, 1.82) is 0 Å². The van der Waals surface area contributed by atoms with Gasteiger partial charge in [0.05, 0.1) is 11.2 Å². The highest BCUT2D eigenvalue weighted by molar-refractivity contribution is 5.16. The summed E-state index contributed by atoms with van der Waals surface area (Å²) >= 11 is 0. The van der Waals surface area contributed by atoms with Crippen molar-refractivity contribution in [3.05, 3.63) is 17.5 Å². The minimum atomic E-state index is -2.55. The lowest BCUT2D eigenvalue weighted by atomic mass is 10.1. The molecule has 1 rings (SSSR count). The van der Waals surface area contributed by atoms with Crippen molar-refractivity contribution in [2.45, 2.75) is 45.7 Å². The zero-order valence-corrected chi connectivity index (χ0v) is 9.46. The molecule has 1 atom stereocenters. The number of hydrogen-bond acceptors (Lipinski definition) is 2. The van der Waals surface area contributed by atoms with Crippen molar-refractivity contribution >= 4 is 0 Å². The molecule has 0 amide bonds. The molecule has 0 radical (unpaired) electrons. The van der Waals surface area contributed by atoms with Crippen molar-refractivity contribution in [3.8, 4) is 0 Å². The molecule has 0 spiro atoms. The summed E-state index contributed by atoms with van der Waals surface area (Å²) in [4.78, 5) is 0. The van der Waals surface area contributed by atoms with E-state index in [0.717, 1.165) is 0 Å². The van der Waals surface area contributed by atoms with Crippen molar-refractivity contribution in [2.75, 3.05) is 0 Å². The van der Waals surface area contributed by atoms with Crippen LogP contribution in [0.2, 0.25) is 0 Å². The molecule has 86 valence electrons. The highest BCUT2D eigenvalue weighted by Gasteiger charge is 2.24. The van der Waals surface area contributed by atoms with Crippen LogP contribution in [0.15, 0.2) is 6.07 Å². The molecule has 1 heterocycles. The van der Waals surface area contributed by atoms with Gasteiger partial charge in [0.1, 0.15) is 5.69 Å². The zero-order chi connectivity index (χ0) is 11.8. The van der Waals surface area contributed by atoms with Gasteiger partial charge in [-0.2, -0.15) is 5.10 Å². The van der Waals surface area contributed by atoms with Crippen molar-refractivity contribution in [2.24, 2.45) is 5.73 Å². The second kappa shape index (κ2) is 3.89. The van der Waals surface area contributed by atoms with Crippen LogP contribution in [0.3, 0.4) is 0 Å². The van der Waals surface area contributed by atoms with E-state index in [1.54, 1.807) is 11.6 Å². The smallest absolute Gasteiger partial charge is 0.282 e. The highest BCUT2D eigenvalue weighted by Crippen LogP contribution is 2.25. The average Bonchev–Trinajstić information content (AvgIpc) is 2.45. The Labute approximate surface area is 88.3 Å². The molecule has 0 aliphatic rings. The fraction of sp³-hybridized carbons (Fsp3) is 0.700. The van der Waals surface area contributed by atoms with E-state index < -0.39 is 6.43 Å². The van der Waals surface area contributed by atoms with E-state index in [1.165, 1.54) is 6.07 Å². The van der Waals surface area contributed by atoms with Crippen molar-refractivity contribution in [3.63, 3.8) is 0 Å². The number of halogens is 2. The van der Waals surface area contributed by atoms with E-state index in [-0.39, 0.29) is 17.3 Å². The Balaban J connectivity index is 3.24. The lowest BCUT2D eigenvalue weighted by Crippen LogP contribution is -2.27. The average molecular weight is 217 g/mol. The Morgan fingerprint density at radius 3 is 2.20 bits per heavy atom. The minimum absolute atomic E-state index is 0.211. The van der Waals surface area contributed by atoms with Gasteiger partial charge in [0.25, 0.3) is 6.43 Å². The van der Waals surface area contributed by atoms with Crippen LogP contribution in [0, 0.1) is 0 Å². The molecule has 1 aromatic rings. The quantitative estimate of drug-likeness (QED) is 0.827. The predicted molar refractivity (Wildman–Crippen MR) is 54.8 cm³/mol. The summed E-state index contributed by atoms with van der Waals surface area (Å²) in [6.45, 7) is 7.47. The topological polar surface area (TPSA) is 43.8 Å². The Kier molecular flexibility index (Phi) is 3.13. The first kappa shape index (κ1) is 12.1. The monoisotopic (exact) mass is 217 g/mol. The minimum Gasteiger partial charge on any atom is -0.323 e. The van der Waals surface area contributed by atoms with Gasteiger partial charge in [0.2, 0.25) is 0 Å². The fourth-order valence-corrected chi connectivity index (χ4v) is 1.38. The molecule has 0 saturated carbocycles. The summed E-state index contributed by atoms with van der Waals surface area (Å²) in [5.41, 5.74) is 5.81. The second-order valence-electron chi connectivity index (χ2n) is 4.67. The zero-order valence-electron chi connectivity index (χ0n) is 9.46. The molecular formula is C10H17F2N3. The van der Waals surface area contributed by atoms with Crippen LogP contribution in [0.4, 0.5) is 8.78 Å². The van der Waals surface area contributed by atoms with Gasteiger partial charge in [-0.3, -0.25) is 4.68 Å². The highest BCUT2D eigenvalue weighted by atomic mass is 19.3. The molecule has 15 heavy (non-hydrogen) atoms. The SMILES string of the molecule is C[C@H](N)c1cc(C(F)F)nn1C(C)(C)C. The van der Waals surface area contributed by atoms with Gasteiger partial charge >= 0.3 is 0 Å². The largest absolute Gasteiger partial charge is 0.323 e. The molecule has 0 aromatic carbocycles. The van der Waals surface area contributed by atoms with E-state index in [4.69, 9.17) is 5.73 Å². The maximum absolute atomic E-state index is 12.5. The van der Waals surface area contributed by atoms with Gasteiger partial charge < -0.3 is 5.73 Å². The number of alkyl halides is 2. The number of nitrogens with zero attached hydrogens (tertiary/aromatic N) is 2. The van der Waals surface area contributed by atoms with E-state index in [0.29, 0.717) is 5.69 Å². The van der Waals surface area contributed by atoms with Crippen LogP contribution < -0.4 is 5.73 Å².